The number of carbonyl (C=O) groups excluding carboxylic acids is 1. The zero-order valence-electron chi connectivity index (χ0n) is 15.4. The van der Waals surface area contributed by atoms with Crippen molar-refractivity contribution >= 4 is 29.5 Å². The number of nitrogens with one attached hydrogen (secondary N) is 2. The lowest BCUT2D eigenvalue weighted by molar-refractivity contribution is 0.252. The summed E-state index contributed by atoms with van der Waals surface area (Å²) in [7, 11) is 3.09. The first-order valence-electron chi connectivity index (χ1n) is 8.31. The molecule has 2 amide bonds. The second-order valence-corrected chi connectivity index (χ2v) is 5.87. The topological polar surface area (TPSA) is 81.2 Å². The van der Waals surface area contributed by atoms with Gasteiger partial charge in [-0.1, -0.05) is 24.6 Å². The van der Waals surface area contributed by atoms with Crippen LogP contribution >= 0.6 is 11.6 Å². The smallest absolute Gasteiger partial charge is 0.339 e. The number of ether oxygens (including phenoxy) is 3. The standard InChI is InChI=1S/C19H22ClN3O4/c1-4-8-27-18-16(25-2)9-13(10-17(18)26-3)12-21-23-19(24)22-15-7-5-6-14(20)11-15/h5-7,9-12H,4,8H2,1-3H3,(H2,22,23,24)/b21-12-. The Morgan fingerprint density at radius 2 is 1.89 bits per heavy atom. The molecule has 7 nitrogen and oxygen atoms in total. The highest BCUT2D eigenvalue weighted by Gasteiger charge is 2.13. The molecule has 0 unspecified atom stereocenters. The van der Waals surface area contributed by atoms with Crippen LogP contribution in [0.15, 0.2) is 41.5 Å². The first-order chi connectivity index (χ1) is 13.1. The fourth-order valence-electron chi connectivity index (χ4n) is 2.21. The molecule has 0 spiro atoms. The predicted molar refractivity (Wildman–Crippen MR) is 107 cm³/mol. The molecular formula is C19H22ClN3O4. The molecule has 8 heteroatoms. The van der Waals surface area contributed by atoms with E-state index in [1.54, 1.807) is 50.6 Å². The van der Waals surface area contributed by atoms with Crippen LogP contribution in [-0.4, -0.2) is 33.1 Å². The van der Waals surface area contributed by atoms with Crippen LogP contribution in [0, 0.1) is 0 Å². The summed E-state index contributed by atoms with van der Waals surface area (Å²) in [6.45, 7) is 2.56. The number of benzene rings is 2. The summed E-state index contributed by atoms with van der Waals surface area (Å²) >= 11 is 5.88. The minimum Gasteiger partial charge on any atom is -0.493 e. The largest absolute Gasteiger partial charge is 0.493 e. The maximum Gasteiger partial charge on any atom is 0.339 e. The number of methoxy groups -OCH3 is 2. The summed E-state index contributed by atoms with van der Waals surface area (Å²) < 4.78 is 16.4. The van der Waals surface area contributed by atoms with Gasteiger partial charge in [0.25, 0.3) is 0 Å². The van der Waals surface area contributed by atoms with E-state index in [4.69, 9.17) is 25.8 Å². The van der Waals surface area contributed by atoms with Crippen LogP contribution in [0.3, 0.4) is 0 Å². The second-order valence-electron chi connectivity index (χ2n) is 5.44. The van der Waals surface area contributed by atoms with Gasteiger partial charge in [0.05, 0.1) is 27.0 Å². The van der Waals surface area contributed by atoms with Crippen LogP contribution in [0.2, 0.25) is 5.02 Å². The summed E-state index contributed by atoms with van der Waals surface area (Å²) in [4.78, 5) is 11.9. The molecule has 144 valence electrons. The number of halogens is 1. The van der Waals surface area contributed by atoms with Gasteiger partial charge < -0.3 is 19.5 Å². The summed E-state index contributed by atoms with van der Waals surface area (Å²) in [5, 5.41) is 7.09. The van der Waals surface area contributed by atoms with E-state index in [1.165, 1.54) is 6.21 Å². The quantitative estimate of drug-likeness (QED) is 0.519. The Labute approximate surface area is 163 Å². The highest BCUT2D eigenvalue weighted by molar-refractivity contribution is 6.30. The van der Waals surface area contributed by atoms with E-state index >= 15 is 0 Å². The Balaban J connectivity index is 2.06. The number of nitrogens with zero attached hydrogens (tertiary/aromatic N) is 1. The van der Waals surface area contributed by atoms with E-state index in [0.717, 1.165) is 6.42 Å². The first kappa shape index (κ1) is 20.4. The molecule has 0 aliphatic heterocycles. The van der Waals surface area contributed by atoms with Gasteiger partial charge in [0.1, 0.15) is 0 Å². The molecule has 0 aromatic heterocycles. The van der Waals surface area contributed by atoms with Crippen molar-refractivity contribution in [3.05, 3.63) is 47.0 Å². The fraction of sp³-hybridized carbons (Fsp3) is 0.263. The number of amides is 2. The molecule has 2 aromatic carbocycles. The molecule has 0 saturated carbocycles. The minimum atomic E-state index is -0.490. The van der Waals surface area contributed by atoms with E-state index in [1.807, 2.05) is 6.92 Å². The van der Waals surface area contributed by atoms with Gasteiger partial charge in [0.2, 0.25) is 5.75 Å². The van der Waals surface area contributed by atoms with Crippen LogP contribution < -0.4 is 25.0 Å². The van der Waals surface area contributed by atoms with Crippen LogP contribution in [0.5, 0.6) is 17.2 Å². The van der Waals surface area contributed by atoms with Gasteiger partial charge in [0.15, 0.2) is 11.5 Å². The number of hydrazone groups is 1. The van der Waals surface area contributed by atoms with Gasteiger partial charge in [-0.25, -0.2) is 10.2 Å². The average Bonchev–Trinajstić information content (AvgIpc) is 2.66. The number of urea groups is 1. The van der Waals surface area contributed by atoms with E-state index in [0.29, 0.717) is 40.1 Å². The van der Waals surface area contributed by atoms with E-state index in [9.17, 15) is 4.79 Å². The van der Waals surface area contributed by atoms with Crippen molar-refractivity contribution in [1.29, 1.82) is 0 Å². The molecule has 0 atom stereocenters. The lowest BCUT2D eigenvalue weighted by Gasteiger charge is -2.14. The number of hydrogen-bond acceptors (Lipinski definition) is 5. The number of hydrogen-bond donors (Lipinski definition) is 2. The molecule has 0 bridgehead atoms. The lowest BCUT2D eigenvalue weighted by Crippen LogP contribution is -2.24. The third-order valence-corrected chi connectivity index (χ3v) is 3.63. The second kappa shape index (κ2) is 10.3. The maximum atomic E-state index is 11.9. The molecule has 0 saturated heterocycles. The SMILES string of the molecule is CCCOc1c(OC)cc(/C=N\NC(=O)Nc2cccc(Cl)c2)cc1OC. The normalized spacial score (nSPS) is 10.5. The average molecular weight is 392 g/mol. The van der Waals surface area contributed by atoms with Gasteiger partial charge in [-0.2, -0.15) is 5.10 Å². The van der Waals surface area contributed by atoms with Crippen molar-refractivity contribution < 1.29 is 19.0 Å². The van der Waals surface area contributed by atoms with Crippen molar-refractivity contribution in [2.75, 3.05) is 26.1 Å². The number of anilines is 1. The number of carbonyl (C=O) groups is 1. The third-order valence-electron chi connectivity index (χ3n) is 3.40. The molecular weight excluding hydrogens is 370 g/mol. The molecule has 0 aliphatic carbocycles. The van der Waals surface area contributed by atoms with E-state index in [2.05, 4.69) is 15.8 Å². The summed E-state index contributed by atoms with van der Waals surface area (Å²) in [5.41, 5.74) is 3.63. The molecule has 0 heterocycles. The van der Waals surface area contributed by atoms with Crippen LogP contribution in [0.25, 0.3) is 0 Å². The van der Waals surface area contributed by atoms with E-state index in [-0.39, 0.29) is 0 Å². The molecule has 27 heavy (non-hydrogen) atoms. The van der Waals surface area contributed by atoms with Crippen molar-refractivity contribution in [2.45, 2.75) is 13.3 Å². The zero-order chi connectivity index (χ0) is 19.6. The van der Waals surface area contributed by atoms with Crippen molar-refractivity contribution in [1.82, 2.24) is 5.43 Å². The van der Waals surface area contributed by atoms with Gasteiger partial charge >= 0.3 is 6.03 Å². The van der Waals surface area contributed by atoms with Crippen molar-refractivity contribution in [2.24, 2.45) is 5.10 Å². The van der Waals surface area contributed by atoms with Crippen molar-refractivity contribution in [3.63, 3.8) is 0 Å². The summed E-state index contributed by atoms with van der Waals surface area (Å²) in [6.07, 6.45) is 2.34. The van der Waals surface area contributed by atoms with Crippen LogP contribution in [-0.2, 0) is 0 Å². The van der Waals surface area contributed by atoms with Crippen molar-refractivity contribution in [3.8, 4) is 17.2 Å². The zero-order valence-corrected chi connectivity index (χ0v) is 16.2. The lowest BCUT2D eigenvalue weighted by atomic mass is 10.2. The monoisotopic (exact) mass is 391 g/mol. The molecule has 0 fully saturated rings. The van der Waals surface area contributed by atoms with Gasteiger partial charge in [-0.05, 0) is 36.8 Å². The molecule has 0 aliphatic rings. The third kappa shape index (κ3) is 6.07. The molecule has 2 aromatic rings. The fourth-order valence-corrected chi connectivity index (χ4v) is 2.40. The highest BCUT2D eigenvalue weighted by atomic mass is 35.5. The Kier molecular flexibility index (Phi) is 7.76. The Morgan fingerprint density at radius 1 is 1.19 bits per heavy atom. The van der Waals surface area contributed by atoms with Crippen LogP contribution in [0.4, 0.5) is 10.5 Å². The number of rotatable bonds is 8. The summed E-state index contributed by atoms with van der Waals surface area (Å²) in [6, 6.07) is 9.81. The van der Waals surface area contributed by atoms with Gasteiger partial charge in [-0.3, -0.25) is 0 Å². The first-order valence-corrected chi connectivity index (χ1v) is 8.69. The van der Waals surface area contributed by atoms with Crippen LogP contribution in [0.1, 0.15) is 18.9 Å². The summed E-state index contributed by atoms with van der Waals surface area (Å²) in [5.74, 6) is 1.57. The maximum absolute atomic E-state index is 11.9. The molecule has 2 rings (SSSR count). The minimum absolute atomic E-state index is 0.490. The highest BCUT2D eigenvalue weighted by Crippen LogP contribution is 2.38. The Hall–Kier alpha value is -2.93. The van der Waals surface area contributed by atoms with Gasteiger partial charge in [-0.15, -0.1) is 0 Å². The van der Waals surface area contributed by atoms with Gasteiger partial charge in [0, 0.05) is 16.3 Å². The Bertz CT molecular complexity index is 786. The van der Waals surface area contributed by atoms with E-state index < -0.39 is 6.03 Å². The Morgan fingerprint density at radius 3 is 2.48 bits per heavy atom. The predicted octanol–water partition coefficient (Wildman–Crippen LogP) is 4.30. The molecule has 0 radical (unpaired) electrons. The molecule has 2 N–H and O–H groups in total.